The van der Waals surface area contributed by atoms with Crippen LogP contribution in [0.5, 0.6) is 11.5 Å². The van der Waals surface area contributed by atoms with E-state index in [1.165, 1.54) is 6.21 Å². The number of hydrazone groups is 1. The van der Waals surface area contributed by atoms with Gasteiger partial charge in [-0.1, -0.05) is 15.9 Å². The zero-order valence-electron chi connectivity index (χ0n) is 11.9. The molecule has 0 spiro atoms. The molecule has 0 atom stereocenters. The topological polar surface area (TPSA) is 70.9 Å². The molecule has 0 unspecified atom stereocenters. The second-order valence-corrected chi connectivity index (χ2v) is 5.28. The number of aromatic hydroxyl groups is 1. The van der Waals surface area contributed by atoms with Gasteiger partial charge in [0, 0.05) is 15.6 Å². The molecule has 0 saturated heterocycles. The third kappa shape index (κ3) is 4.33. The molecule has 0 aliphatic rings. The number of hydrogen-bond donors (Lipinski definition) is 2. The molecule has 6 heteroatoms. The Kier molecular flexibility index (Phi) is 5.55. The maximum Gasteiger partial charge on any atom is 0.271 e. The lowest BCUT2D eigenvalue weighted by Gasteiger charge is -2.04. The highest BCUT2D eigenvalue weighted by Gasteiger charge is 2.04. The average Bonchev–Trinajstić information content (AvgIpc) is 2.51. The molecule has 2 N–H and O–H groups in total. The predicted octanol–water partition coefficient (Wildman–Crippen LogP) is 3.32. The SMILES string of the molecule is CCOc1ccc(C(=O)N/N=C/c2cc(Br)ccc2O)cc1. The van der Waals surface area contributed by atoms with Crippen molar-refractivity contribution >= 4 is 28.1 Å². The number of carbonyl (C=O) groups is 1. The molecule has 114 valence electrons. The van der Waals surface area contributed by atoms with Gasteiger partial charge in [0.2, 0.25) is 0 Å². The standard InChI is InChI=1S/C16H15BrN2O3/c1-2-22-14-6-3-11(4-7-14)16(21)19-18-10-12-9-13(17)5-8-15(12)20/h3-10,20H,2H2,1H3,(H,19,21)/b18-10+. The molecule has 0 aromatic heterocycles. The van der Waals surface area contributed by atoms with Gasteiger partial charge in [0.15, 0.2) is 0 Å². The van der Waals surface area contributed by atoms with Crippen LogP contribution >= 0.6 is 15.9 Å². The number of phenolic OH excluding ortho intramolecular Hbond substituents is 1. The van der Waals surface area contributed by atoms with Gasteiger partial charge in [-0.2, -0.15) is 5.10 Å². The first kappa shape index (κ1) is 16.0. The Morgan fingerprint density at radius 1 is 1.32 bits per heavy atom. The fraction of sp³-hybridized carbons (Fsp3) is 0.125. The Balaban J connectivity index is 2.00. The second kappa shape index (κ2) is 7.61. The largest absolute Gasteiger partial charge is 0.507 e. The highest BCUT2D eigenvalue weighted by molar-refractivity contribution is 9.10. The van der Waals surface area contributed by atoms with Crippen molar-refractivity contribution in [1.82, 2.24) is 5.43 Å². The molecule has 22 heavy (non-hydrogen) atoms. The summed E-state index contributed by atoms with van der Waals surface area (Å²) < 4.78 is 6.12. The first-order chi connectivity index (χ1) is 10.6. The lowest BCUT2D eigenvalue weighted by molar-refractivity contribution is 0.0955. The summed E-state index contributed by atoms with van der Waals surface area (Å²) in [5, 5.41) is 13.5. The minimum absolute atomic E-state index is 0.0854. The van der Waals surface area contributed by atoms with Gasteiger partial charge < -0.3 is 9.84 Å². The molecule has 2 rings (SSSR count). The number of rotatable bonds is 5. The van der Waals surface area contributed by atoms with Crippen LogP contribution in [0, 0.1) is 0 Å². The van der Waals surface area contributed by atoms with E-state index in [0.717, 1.165) is 4.47 Å². The van der Waals surface area contributed by atoms with E-state index in [9.17, 15) is 9.90 Å². The first-order valence-corrected chi connectivity index (χ1v) is 7.44. The molecular weight excluding hydrogens is 348 g/mol. The zero-order chi connectivity index (χ0) is 15.9. The van der Waals surface area contributed by atoms with Crippen LogP contribution < -0.4 is 10.2 Å². The van der Waals surface area contributed by atoms with Crippen molar-refractivity contribution in [2.75, 3.05) is 6.61 Å². The Hall–Kier alpha value is -2.34. The summed E-state index contributed by atoms with van der Waals surface area (Å²) in [4.78, 5) is 11.9. The minimum atomic E-state index is -0.339. The molecular formula is C16H15BrN2O3. The molecule has 5 nitrogen and oxygen atoms in total. The lowest BCUT2D eigenvalue weighted by atomic mass is 10.2. The molecule has 0 aliphatic heterocycles. The van der Waals surface area contributed by atoms with Gasteiger partial charge in [0.25, 0.3) is 5.91 Å². The summed E-state index contributed by atoms with van der Waals surface area (Å²) in [6.45, 7) is 2.47. The van der Waals surface area contributed by atoms with Gasteiger partial charge in [-0.05, 0) is 49.4 Å². The molecule has 1 amide bonds. The van der Waals surface area contributed by atoms with Gasteiger partial charge in [0.1, 0.15) is 11.5 Å². The highest BCUT2D eigenvalue weighted by Crippen LogP contribution is 2.20. The summed E-state index contributed by atoms with van der Waals surface area (Å²) >= 11 is 3.30. The van der Waals surface area contributed by atoms with E-state index in [0.29, 0.717) is 23.5 Å². The van der Waals surface area contributed by atoms with E-state index < -0.39 is 0 Å². The van der Waals surface area contributed by atoms with E-state index in [4.69, 9.17) is 4.74 Å². The Morgan fingerprint density at radius 2 is 2.05 bits per heavy atom. The second-order valence-electron chi connectivity index (χ2n) is 4.36. The average molecular weight is 363 g/mol. The van der Waals surface area contributed by atoms with Crippen molar-refractivity contribution in [3.05, 3.63) is 58.1 Å². The molecule has 2 aromatic rings. The first-order valence-electron chi connectivity index (χ1n) is 6.65. The number of phenols is 1. The fourth-order valence-electron chi connectivity index (χ4n) is 1.72. The molecule has 0 heterocycles. The van der Waals surface area contributed by atoms with E-state index in [1.54, 1.807) is 42.5 Å². The van der Waals surface area contributed by atoms with E-state index in [1.807, 2.05) is 6.92 Å². The van der Waals surface area contributed by atoms with Gasteiger partial charge in [0.05, 0.1) is 12.8 Å². The number of ether oxygens (including phenoxy) is 1. The monoisotopic (exact) mass is 362 g/mol. The van der Waals surface area contributed by atoms with Crippen molar-refractivity contribution in [2.45, 2.75) is 6.92 Å². The summed E-state index contributed by atoms with van der Waals surface area (Å²) in [6, 6.07) is 11.7. The van der Waals surface area contributed by atoms with Crippen LogP contribution in [0.25, 0.3) is 0 Å². The summed E-state index contributed by atoms with van der Waals surface area (Å²) in [5.74, 6) is 0.456. The van der Waals surface area contributed by atoms with Crippen molar-refractivity contribution < 1.29 is 14.6 Å². The quantitative estimate of drug-likeness (QED) is 0.633. The van der Waals surface area contributed by atoms with Crippen LogP contribution in [0.3, 0.4) is 0 Å². The predicted molar refractivity (Wildman–Crippen MR) is 88.5 cm³/mol. The number of nitrogens with zero attached hydrogens (tertiary/aromatic N) is 1. The molecule has 0 saturated carbocycles. The van der Waals surface area contributed by atoms with Crippen LogP contribution in [-0.2, 0) is 0 Å². The highest BCUT2D eigenvalue weighted by atomic mass is 79.9. The molecule has 2 aromatic carbocycles. The van der Waals surface area contributed by atoms with Crippen LogP contribution in [0.15, 0.2) is 52.0 Å². The zero-order valence-corrected chi connectivity index (χ0v) is 13.5. The van der Waals surface area contributed by atoms with E-state index in [-0.39, 0.29) is 11.7 Å². The summed E-state index contributed by atoms with van der Waals surface area (Å²) in [6.07, 6.45) is 1.38. The van der Waals surface area contributed by atoms with Gasteiger partial charge >= 0.3 is 0 Å². The van der Waals surface area contributed by atoms with Crippen molar-refractivity contribution in [3.8, 4) is 11.5 Å². The maximum absolute atomic E-state index is 11.9. The van der Waals surface area contributed by atoms with E-state index in [2.05, 4.69) is 26.5 Å². The maximum atomic E-state index is 11.9. The third-order valence-electron chi connectivity index (χ3n) is 2.79. The van der Waals surface area contributed by atoms with E-state index >= 15 is 0 Å². The van der Waals surface area contributed by atoms with Crippen LogP contribution in [0.4, 0.5) is 0 Å². The number of hydrogen-bond acceptors (Lipinski definition) is 4. The molecule has 0 radical (unpaired) electrons. The van der Waals surface area contributed by atoms with Crippen LogP contribution in [0.1, 0.15) is 22.8 Å². The van der Waals surface area contributed by atoms with Crippen LogP contribution in [0.2, 0.25) is 0 Å². The normalized spacial score (nSPS) is 10.6. The Labute approximate surface area is 136 Å². The number of amides is 1. The van der Waals surface area contributed by atoms with Crippen molar-refractivity contribution in [2.24, 2.45) is 5.10 Å². The van der Waals surface area contributed by atoms with Gasteiger partial charge in [-0.25, -0.2) is 5.43 Å². The number of benzene rings is 2. The number of nitrogens with one attached hydrogen (secondary N) is 1. The van der Waals surface area contributed by atoms with Crippen molar-refractivity contribution in [1.29, 1.82) is 0 Å². The smallest absolute Gasteiger partial charge is 0.271 e. The Bertz CT molecular complexity index is 684. The van der Waals surface area contributed by atoms with Crippen LogP contribution in [-0.4, -0.2) is 23.8 Å². The fourth-order valence-corrected chi connectivity index (χ4v) is 2.10. The summed E-state index contributed by atoms with van der Waals surface area (Å²) in [7, 11) is 0. The van der Waals surface area contributed by atoms with Gasteiger partial charge in [-0.3, -0.25) is 4.79 Å². The third-order valence-corrected chi connectivity index (χ3v) is 3.28. The number of carbonyl (C=O) groups excluding carboxylic acids is 1. The van der Waals surface area contributed by atoms with Gasteiger partial charge in [-0.15, -0.1) is 0 Å². The molecule has 0 fully saturated rings. The lowest BCUT2D eigenvalue weighted by Crippen LogP contribution is -2.17. The molecule has 0 bridgehead atoms. The minimum Gasteiger partial charge on any atom is -0.507 e. The number of halogens is 1. The Morgan fingerprint density at radius 3 is 2.73 bits per heavy atom. The molecule has 0 aliphatic carbocycles. The summed E-state index contributed by atoms with van der Waals surface area (Å²) in [5.41, 5.74) is 3.38. The van der Waals surface area contributed by atoms with Crippen molar-refractivity contribution in [3.63, 3.8) is 0 Å².